The summed E-state index contributed by atoms with van der Waals surface area (Å²) in [5.74, 6) is -0.0621. The lowest BCUT2D eigenvalue weighted by molar-refractivity contribution is 0.426. The van der Waals surface area contributed by atoms with Crippen LogP contribution in [0.15, 0.2) is 18.2 Å². The van der Waals surface area contributed by atoms with Crippen LogP contribution in [0, 0.1) is 17.6 Å². The molecule has 1 aliphatic heterocycles. The van der Waals surface area contributed by atoms with Gasteiger partial charge in [0.1, 0.15) is 11.6 Å². The van der Waals surface area contributed by atoms with Crippen LogP contribution in [-0.2, 0) is 0 Å². The van der Waals surface area contributed by atoms with Gasteiger partial charge in [-0.3, -0.25) is 0 Å². The third kappa shape index (κ3) is 2.24. The first-order chi connectivity index (χ1) is 7.72. The average molecular weight is 225 g/mol. The fourth-order valence-electron chi connectivity index (χ4n) is 2.63. The molecule has 0 saturated carbocycles. The Balaban J connectivity index is 2.28. The van der Waals surface area contributed by atoms with Gasteiger partial charge in [0.05, 0.1) is 0 Å². The molecule has 1 saturated heterocycles. The van der Waals surface area contributed by atoms with Gasteiger partial charge in [-0.15, -0.1) is 0 Å². The molecule has 1 fully saturated rings. The Morgan fingerprint density at radius 1 is 1.44 bits per heavy atom. The molecular formula is C13H17F2N. The zero-order chi connectivity index (χ0) is 11.5. The van der Waals surface area contributed by atoms with E-state index in [1.54, 1.807) is 0 Å². The van der Waals surface area contributed by atoms with E-state index in [9.17, 15) is 8.78 Å². The van der Waals surface area contributed by atoms with Crippen LogP contribution < -0.4 is 5.32 Å². The van der Waals surface area contributed by atoms with E-state index < -0.39 is 0 Å². The number of hydrogen-bond donors (Lipinski definition) is 1. The van der Waals surface area contributed by atoms with Crippen LogP contribution in [-0.4, -0.2) is 13.1 Å². The molecule has 1 N–H and O–H groups in total. The number of benzene rings is 1. The lowest BCUT2D eigenvalue weighted by atomic mass is 9.83. The fourth-order valence-corrected chi connectivity index (χ4v) is 2.63. The van der Waals surface area contributed by atoms with Crippen molar-refractivity contribution in [1.29, 1.82) is 0 Å². The summed E-state index contributed by atoms with van der Waals surface area (Å²) in [6.07, 6.45) is 1.90. The molecule has 1 aromatic rings. The highest BCUT2D eigenvalue weighted by atomic mass is 19.1. The van der Waals surface area contributed by atoms with Crippen molar-refractivity contribution < 1.29 is 8.78 Å². The van der Waals surface area contributed by atoms with Gasteiger partial charge in [0.25, 0.3) is 0 Å². The maximum absolute atomic E-state index is 13.7. The van der Waals surface area contributed by atoms with Crippen molar-refractivity contribution in [3.63, 3.8) is 0 Å². The van der Waals surface area contributed by atoms with E-state index in [1.165, 1.54) is 18.2 Å². The first kappa shape index (κ1) is 11.5. The largest absolute Gasteiger partial charge is 0.316 e. The van der Waals surface area contributed by atoms with Gasteiger partial charge < -0.3 is 5.32 Å². The molecule has 88 valence electrons. The minimum absolute atomic E-state index is 0.130. The van der Waals surface area contributed by atoms with Crippen LogP contribution in [0.2, 0.25) is 0 Å². The maximum atomic E-state index is 13.7. The van der Waals surface area contributed by atoms with Gasteiger partial charge in [0.15, 0.2) is 0 Å². The Morgan fingerprint density at radius 2 is 2.25 bits per heavy atom. The molecular weight excluding hydrogens is 208 g/mol. The van der Waals surface area contributed by atoms with E-state index in [1.807, 2.05) is 6.92 Å². The molecule has 3 heteroatoms. The van der Waals surface area contributed by atoms with Gasteiger partial charge in [0.2, 0.25) is 0 Å². The van der Waals surface area contributed by atoms with E-state index in [0.717, 1.165) is 25.9 Å². The molecule has 2 atom stereocenters. The Labute approximate surface area is 94.9 Å². The van der Waals surface area contributed by atoms with Crippen molar-refractivity contribution in [3.8, 4) is 0 Å². The zero-order valence-corrected chi connectivity index (χ0v) is 9.47. The summed E-state index contributed by atoms with van der Waals surface area (Å²) in [4.78, 5) is 0. The molecule has 0 aliphatic carbocycles. The average Bonchev–Trinajstić information content (AvgIpc) is 2.78. The topological polar surface area (TPSA) is 12.0 Å². The van der Waals surface area contributed by atoms with Crippen molar-refractivity contribution in [2.45, 2.75) is 25.7 Å². The van der Waals surface area contributed by atoms with Crippen molar-refractivity contribution in [2.24, 2.45) is 5.92 Å². The smallest absolute Gasteiger partial charge is 0.126 e. The van der Waals surface area contributed by atoms with Crippen molar-refractivity contribution in [2.75, 3.05) is 13.1 Å². The lowest BCUT2D eigenvalue weighted by Crippen LogP contribution is -2.17. The van der Waals surface area contributed by atoms with Gasteiger partial charge in [0, 0.05) is 0 Å². The second-order valence-electron chi connectivity index (χ2n) is 4.43. The van der Waals surface area contributed by atoms with Crippen molar-refractivity contribution >= 4 is 0 Å². The second-order valence-corrected chi connectivity index (χ2v) is 4.43. The van der Waals surface area contributed by atoms with E-state index in [4.69, 9.17) is 0 Å². The summed E-state index contributed by atoms with van der Waals surface area (Å²) in [6.45, 7) is 3.93. The predicted octanol–water partition coefficient (Wildman–Crippen LogP) is 3.07. The summed E-state index contributed by atoms with van der Waals surface area (Å²) >= 11 is 0. The van der Waals surface area contributed by atoms with Crippen LogP contribution >= 0.6 is 0 Å². The number of hydrogen-bond acceptors (Lipinski definition) is 1. The molecule has 0 radical (unpaired) electrons. The van der Waals surface area contributed by atoms with E-state index >= 15 is 0 Å². The van der Waals surface area contributed by atoms with Gasteiger partial charge in [-0.25, -0.2) is 8.78 Å². The van der Waals surface area contributed by atoms with Crippen LogP contribution in [0.4, 0.5) is 8.78 Å². The maximum Gasteiger partial charge on any atom is 0.126 e. The van der Waals surface area contributed by atoms with Gasteiger partial charge in [-0.05, 0) is 61.5 Å². The SMILES string of the molecule is CCC(c1cc(F)ccc1F)C1CCNC1. The number of halogens is 2. The first-order valence-corrected chi connectivity index (χ1v) is 5.88. The molecule has 1 aliphatic rings. The van der Waals surface area contributed by atoms with Crippen LogP contribution in [0.3, 0.4) is 0 Å². The minimum atomic E-state index is -0.346. The lowest BCUT2D eigenvalue weighted by Gasteiger charge is -2.22. The number of nitrogens with one attached hydrogen (secondary N) is 1. The summed E-state index contributed by atoms with van der Waals surface area (Å²) in [6, 6.07) is 3.76. The Bertz CT molecular complexity index is 359. The number of rotatable bonds is 3. The highest BCUT2D eigenvalue weighted by molar-refractivity contribution is 5.24. The molecule has 0 spiro atoms. The third-order valence-electron chi connectivity index (χ3n) is 3.46. The predicted molar refractivity (Wildman–Crippen MR) is 60.4 cm³/mol. The Kier molecular flexibility index (Phi) is 3.54. The molecule has 1 nitrogen and oxygen atoms in total. The molecule has 2 unspecified atom stereocenters. The summed E-state index contributed by atoms with van der Waals surface area (Å²) in [5, 5.41) is 3.27. The Hall–Kier alpha value is -0.960. The van der Waals surface area contributed by atoms with E-state index in [0.29, 0.717) is 11.5 Å². The summed E-state index contributed by atoms with van der Waals surface area (Å²) < 4.78 is 26.8. The Morgan fingerprint density at radius 3 is 2.88 bits per heavy atom. The molecule has 0 bridgehead atoms. The molecule has 2 rings (SSSR count). The van der Waals surface area contributed by atoms with Crippen molar-refractivity contribution in [3.05, 3.63) is 35.4 Å². The second kappa shape index (κ2) is 4.91. The summed E-state index contributed by atoms with van der Waals surface area (Å²) in [7, 11) is 0. The third-order valence-corrected chi connectivity index (χ3v) is 3.46. The van der Waals surface area contributed by atoms with Crippen LogP contribution in [0.25, 0.3) is 0 Å². The zero-order valence-electron chi connectivity index (χ0n) is 9.47. The molecule has 0 aromatic heterocycles. The molecule has 16 heavy (non-hydrogen) atoms. The van der Waals surface area contributed by atoms with E-state index in [-0.39, 0.29) is 17.6 Å². The quantitative estimate of drug-likeness (QED) is 0.833. The molecule has 0 amide bonds. The molecule has 1 aromatic carbocycles. The van der Waals surface area contributed by atoms with Crippen LogP contribution in [0.1, 0.15) is 31.2 Å². The normalized spacial score (nSPS) is 22.3. The van der Waals surface area contributed by atoms with Crippen molar-refractivity contribution in [1.82, 2.24) is 5.32 Å². The molecule has 1 heterocycles. The van der Waals surface area contributed by atoms with Gasteiger partial charge >= 0.3 is 0 Å². The summed E-state index contributed by atoms with van der Waals surface area (Å²) in [5.41, 5.74) is 0.538. The van der Waals surface area contributed by atoms with Gasteiger partial charge in [-0.2, -0.15) is 0 Å². The van der Waals surface area contributed by atoms with Gasteiger partial charge in [-0.1, -0.05) is 6.92 Å². The fraction of sp³-hybridized carbons (Fsp3) is 0.538. The standard InChI is InChI=1S/C13H17F2N/c1-2-11(9-5-6-16-8-9)12-7-10(14)3-4-13(12)15/h3-4,7,9,11,16H,2,5-6,8H2,1H3. The highest BCUT2D eigenvalue weighted by Crippen LogP contribution is 2.33. The van der Waals surface area contributed by atoms with E-state index in [2.05, 4.69) is 5.32 Å². The monoisotopic (exact) mass is 225 g/mol. The first-order valence-electron chi connectivity index (χ1n) is 5.88. The van der Waals surface area contributed by atoms with Crippen LogP contribution in [0.5, 0.6) is 0 Å². The minimum Gasteiger partial charge on any atom is -0.316 e. The highest BCUT2D eigenvalue weighted by Gasteiger charge is 2.26.